The Morgan fingerprint density at radius 2 is 1.91 bits per heavy atom. The van der Waals surface area contributed by atoms with E-state index in [0.717, 1.165) is 35.2 Å². The van der Waals surface area contributed by atoms with Gasteiger partial charge in [-0.2, -0.15) is 0 Å². The topological polar surface area (TPSA) is 56.3 Å². The zero-order valence-electron chi connectivity index (χ0n) is 13.5. The van der Waals surface area contributed by atoms with E-state index < -0.39 is 12.0 Å². The molecule has 0 aliphatic carbocycles. The van der Waals surface area contributed by atoms with Crippen LogP contribution in [0, 0.1) is 18.8 Å². The largest absolute Gasteiger partial charge is 0.480 e. The summed E-state index contributed by atoms with van der Waals surface area (Å²) in [6.07, 6.45) is 1.18. The number of nitrogens with one attached hydrogen (secondary N) is 1. The first kappa shape index (κ1) is 15.1. The second-order valence-corrected chi connectivity index (χ2v) is 6.85. The average Bonchev–Trinajstić information content (AvgIpc) is 2.74. The van der Waals surface area contributed by atoms with Crippen LogP contribution in [0.1, 0.15) is 37.6 Å². The van der Waals surface area contributed by atoms with Gasteiger partial charge >= 0.3 is 5.97 Å². The molecule has 2 aromatic rings. The van der Waals surface area contributed by atoms with Crippen molar-refractivity contribution in [3.8, 4) is 0 Å². The number of aromatic amines is 1. The van der Waals surface area contributed by atoms with Gasteiger partial charge in [-0.15, -0.1) is 0 Å². The second-order valence-electron chi connectivity index (χ2n) is 6.85. The number of benzene rings is 1. The number of aryl methyl sites for hydroxylation is 1. The highest BCUT2D eigenvalue weighted by atomic mass is 16.4. The summed E-state index contributed by atoms with van der Waals surface area (Å²) in [4.78, 5) is 17.5. The SMILES string of the molecule is Cc1[nH]c2ccccc2c1C(C(=O)O)N1CC(C)CC(C)C1. The summed E-state index contributed by atoms with van der Waals surface area (Å²) >= 11 is 0. The van der Waals surface area contributed by atoms with Gasteiger partial charge in [0.25, 0.3) is 0 Å². The number of nitrogens with zero attached hydrogens (tertiary/aromatic N) is 1. The summed E-state index contributed by atoms with van der Waals surface area (Å²) in [6.45, 7) is 8.09. The molecule has 1 aliphatic heterocycles. The van der Waals surface area contributed by atoms with Crippen LogP contribution in [0.4, 0.5) is 0 Å². The van der Waals surface area contributed by atoms with Crippen molar-refractivity contribution in [3.63, 3.8) is 0 Å². The lowest BCUT2D eigenvalue weighted by Gasteiger charge is -2.38. The van der Waals surface area contributed by atoms with E-state index in [1.54, 1.807) is 0 Å². The van der Waals surface area contributed by atoms with Crippen LogP contribution < -0.4 is 0 Å². The van der Waals surface area contributed by atoms with E-state index in [-0.39, 0.29) is 0 Å². The number of fused-ring (bicyclic) bond motifs is 1. The standard InChI is InChI=1S/C18H24N2O2/c1-11-8-12(2)10-20(9-11)17(18(21)22)16-13(3)19-15-7-5-4-6-14(15)16/h4-7,11-12,17,19H,8-10H2,1-3H3,(H,21,22). The van der Waals surface area contributed by atoms with Gasteiger partial charge in [-0.3, -0.25) is 9.69 Å². The number of aliphatic carboxylic acids is 1. The molecule has 1 aliphatic rings. The van der Waals surface area contributed by atoms with E-state index in [4.69, 9.17) is 0 Å². The Hall–Kier alpha value is -1.81. The molecule has 3 unspecified atom stereocenters. The summed E-state index contributed by atoms with van der Waals surface area (Å²) in [5.41, 5.74) is 2.89. The number of aromatic nitrogens is 1. The molecule has 1 fully saturated rings. The smallest absolute Gasteiger partial charge is 0.325 e. The summed E-state index contributed by atoms with van der Waals surface area (Å²) in [7, 11) is 0. The number of hydrogen-bond donors (Lipinski definition) is 2. The van der Waals surface area contributed by atoms with E-state index in [1.807, 2.05) is 31.2 Å². The molecule has 1 aromatic carbocycles. The van der Waals surface area contributed by atoms with Crippen molar-refractivity contribution in [2.24, 2.45) is 11.8 Å². The van der Waals surface area contributed by atoms with Gasteiger partial charge in [-0.25, -0.2) is 0 Å². The van der Waals surface area contributed by atoms with Crippen molar-refractivity contribution in [2.45, 2.75) is 33.2 Å². The Balaban J connectivity index is 2.07. The van der Waals surface area contributed by atoms with Crippen LogP contribution in [0.15, 0.2) is 24.3 Å². The minimum atomic E-state index is -0.755. The quantitative estimate of drug-likeness (QED) is 0.911. The van der Waals surface area contributed by atoms with Crippen LogP contribution >= 0.6 is 0 Å². The van der Waals surface area contributed by atoms with Gasteiger partial charge in [0.1, 0.15) is 6.04 Å². The first-order valence-electron chi connectivity index (χ1n) is 8.01. The predicted molar refractivity (Wildman–Crippen MR) is 87.9 cm³/mol. The second kappa shape index (κ2) is 5.76. The van der Waals surface area contributed by atoms with Crippen molar-refractivity contribution in [1.82, 2.24) is 9.88 Å². The Kier molecular flexibility index (Phi) is 3.96. The van der Waals surface area contributed by atoms with Crippen molar-refractivity contribution < 1.29 is 9.90 Å². The molecule has 0 bridgehead atoms. The zero-order chi connectivity index (χ0) is 15.9. The number of para-hydroxylation sites is 1. The fourth-order valence-corrected chi connectivity index (χ4v) is 4.03. The normalized spacial score (nSPS) is 24.5. The van der Waals surface area contributed by atoms with Gasteiger partial charge < -0.3 is 10.1 Å². The molecule has 0 amide bonds. The van der Waals surface area contributed by atoms with Gasteiger partial charge in [0.2, 0.25) is 0 Å². The number of carbonyl (C=O) groups is 1. The average molecular weight is 300 g/mol. The maximum atomic E-state index is 12.1. The molecule has 0 saturated carbocycles. The molecule has 2 N–H and O–H groups in total. The Morgan fingerprint density at radius 3 is 2.55 bits per heavy atom. The maximum Gasteiger partial charge on any atom is 0.325 e. The molecule has 4 heteroatoms. The molecule has 1 aromatic heterocycles. The van der Waals surface area contributed by atoms with Gasteiger partial charge in [0.05, 0.1) is 0 Å². The summed E-state index contributed by atoms with van der Waals surface area (Å²) in [5.74, 6) is 0.321. The fourth-order valence-electron chi connectivity index (χ4n) is 4.03. The summed E-state index contributed by atoms with van der Waals surface area (Å²) < 4.78 is 0. The third-order valence-corrected chi connectivity index (χ3v) is 4.71. The van der Waals surface area contributed by atoms with Crippen molar-refractivity contribution in [1.29, 1.82) is 0 Å². The summed E-state index contributed by atoms with van der Waals surface area (Å²) in [6, 6.07) is 7.40. The lowest BCUT2D eigenvalue weighted by molar-refractivity contribution is -0.144. The molecule has 0 spiro atoms. The third kappa shape index (κ3) is 2.63. The molecule has 3 atom stereocenters. The fraction of sp³-hybridized carbons (Fsp3) is 0.500. The van der Waals surface area contributed by atoms with Gasteiger partial charge in [0.15, 0.2) is 0 Å². The highest BCUT2D eigenvalue weighted by molar-refractivity contribution is 5.90. The molecule has 1 saturated heterocycles. The van der Waals surface area contributed by atoms with Gasteiger partial charge in [-0.1, -0.05) is 32.0 Å². The van der Waals surface area contributed by atoms with E-state index in [1.165, 1.54) is 6.42 Å². The van der Waals surface area contributed by atoms with Crippen molar-refractivity contribution in [2.75, 3.05) is 13.1 Å². The molecular formula is C18H24N2O2. The Bertz CT molecular complexity index is 681. The molecule has 4 nitrogen and oxygen atoms in total. The van der Waals surface area contributed by atoms with Gasteiger partial charge in [0, 0.05) is 35.2 Å². The number of rotatable bonds is 3. The van der Waals surface area contributed by atoms with Crippen LogP contribution in [0.25, 0.3) is 10.9 Å². The zero-order valence-corrected chi connectivity index (χ0v) is 13.5. The first-order valence-corrected chi connectivity index (χ1v) is 8.01. The molecule has 0 radical (unpaired) electrons. The van der Waals surface area contributed by atoms with Crippen LogP contribution in [0.2, 0.25) is 0 Å². The number of hydrogen-bond acceptors (Lipinski definition) is 2. The number of likely N-dealkylation sites (tertiary alicyclic amines) is 1. The molecule has 22 heavy (non-hydrogen) atoms. The van der Waals surface area contributed by atoms with Crippen molar-refractivity contribution in [3.05, 3.63) is 35.5 Å². The Labute approximate surface area is 131 Å². The van der Waals surface area contributed by atoms with E-state index in [2.05, 4.69) is 23.7 Å². The number of carboxylic acids is 1. The van der Waals surface area contributed by atoms with Crippen LogP contribution in [0.3, 0.4) is 0 Å². The molecule has 118 valence electrons. The van der Waals surface area contributed by atoms with E-state index in [9.17, 15) is 9.90 Å². The number of H-pyrrole nitrogens is 1. The maximum absolute atomic E-state index is 12.1. The minimum absolute atomic E-state index is 0.538. The highest BCUT2D eigenvalue weighted by Gasteiger charge is 2.35. The van der Waals surface area contributed by atoms with E-state index in [0.29, 0.717) is 11.8 Å². The van der Waals surface area contributed by atoms with Crippen LogP contribution in [0.5, 0.6) is 0 Å². The van der Waals surface area contributed by atoms with Crippen LogP contribution in [-0.4, -0.2) is 34.0 Å². The molecule has 2 heterocycles. The van der Waals surface area contributed by atoms with Gasteiger partial charge in [-0.05, 0) is 31.2 Å². The number of carboxylic acid groups (broad SMARTS) is 1. The minimum Gasteiger partial charge on any atom is -0.480 e. The first-order chi connectivity index (χ1) is 10.5. The summed E-state index contributed by atoms with van der Waals surface area (Å²) in [5, 5.41) is 10.9. The highest BCUT2D eigenvalue weighted by Crippen LogP contribution is 2.35. The molecule has 3 rings (SSSR count). The predicted octanol–water partition coefficient (Wildman–Crippen LogP) is 3.58. The number of piperidine rings is 1. The van der Waals surface area contributed by atoms with Crippen molar-refractivity contribution >= 4 is 16.9 Å². The third-order valence-electron chi connectivity index (χ3n) is 4.71. The Morgan fingerprint density at radius 1 is 1.27 bits per heavy atom. The lowest BCUT2D eigenvalue weighted by Crippen LogP contribution is -2.43. The van der Waals surface area contributed by atoms with Crippen LogP contribution in [-0.2, 0) is 4.79 Å². The van der Waals surface area contributed by atoms with E-state index >= 15 is 0 Å². The lowest BCUT2D eigenvalue weighted by atomic mass is 9.89. The monoisotopic (exact) mass is 300 g/mol. The molecular weight excluding hydrogens is 276 g/mol.